The average molecular weight is 314 g/mol. The molecule has 0 aliphatic carbocycles. The zero-order valence-corrected chi connectivity index (χ0v) is 13.3. The molecule has 0 bridgehead atoms. The summed E-state index contributed by atoms with van der Waals surface area (Å²) < 4.78 is 0. The zero-order valence-electron chi connectivity index (χ0n) is 13.3. The number of amides is 4. The molecule has 4 amide bonds. The van der Waals surface area contributed by atoms with E-state index < -0.39 is 23.8 Å². The fourth-order valence-electron chi connectivity index (χ4n) is 3.43. The molecule has 1 N–H and O–H groups in total. The molecule has 120 valence electrons. The van der Waals surface area contributed by atoms with Crippen molar-refractivity contribution in [2.45, 2.75) is 45.6 Å². The van der Waals surface area contributed by atoms with E-state index in [-0.39, 0.29) is 24.7 Å². The van der Waals surface area contributed by atoms with Crippen molar-refractivity contribution >= 4 is 23.6 Å². The lowest BCUT2D eigenvalue weighted by Gasteiger charge is -2.28. The molecule has 2 heterocycles. The molecular formula is C17H18N2O4. The summed E-state index contributed by atoms with van der Waals surface area (Å²) in [7, 11) is 0. The molecule has 2 aliphatic rings. The molecule has 1 aromatic carbocycles. The van der Waals surface area contributed by atoms with Crippen LogP contribution in [-0.4, -0.2) is 34.6 Å². The van der Waals surface area contributed by atoms with Gasteiger partial charge in [-0.25, -0.2) is 0 Å². The molecule has 0 spiro atoms. The van der Waals surface area contributed by atoms with Gasteiger partial charge < -0.3 is 0 Å². The fourth-order valence-corrected chi connectivity index (χ4v) is 3.43. The molecule has 6 nitrogen and oxygen atoms in total. The summed E-state index contributed by atoms with van der Waals surface area (Å²) in [5, 5.41) is 2.20. The lowest BCUT2D eigenvalue weighted by molar-refractivity contribution is -0.136. The van der Waals surface area contributed by atoms with Crippen molar-refractivity contribution in [1.29, 1.82) is 0 Å². The number of carbonyl (C=O) groups is 4. The largest absolute Gasteiger partial charge is 0.295 e. The van der Waals surface area contributed by atoms with Crippen LogP contribution in [0.25, 0.3) is 0 Å². The maximum absolute atomic E-state index is 12.9. The smallest absolute Gasteiger partial charge is 0.262 e. The van der Waals surface area contributed by atoms with Crippen molar-refractivity contribution in [3.05, 3.63) is 34.4 Å². The Morgan fingerprint density at radius 3 is 2.43 bits per heavy atom. The number of rotatable bonds is 2. The summed E-state index contributed by atoms with van der Waals surface area (Å²) in [6, 6.07) is 2.55. The number of carbonyl (C=O) groups excluding carboxylic acids is 4. The van der Waals surface area contributed by atoms with Crippen molar-refractivity contribution in [2.24, 2.45) is 0 Å². The van der Waals surface area contributed by atoms with Gasteiger partial charge in [0.2, 0.25) is 11.8 Å². The van der Waals surface area contributed by atoms with Crippen LogP contribution in [0.3, 0.4) is 0 Å². The Bertz CT molecular complexity index is 751. The number of benzene rings is 1. The number of imide groups is 2. The monoisotopic (exact) mass is 314 g/mol. The van der Waals surface area contributed by atoms with Gasteiger partial charge in [0.15, 0.2) is 0 Å². The summed E-state index contributed by atoms with van der Waals surface area (Å²) >= 11 is 0. The van der Waals surface area contributed by atoms with Gasteiger partial charge in [-0.1, -0.05) is 19.9 Å². The normalized spacial score (nSPS) is 21.0. The van der Waals surface area contributed by atoms with Gasteiger partial charge in [-0.3, -0.25) is 29.4 Å². The summed E-state index contributed by atoms with van der Waals surface area (Å²) in [6.07, 6.45) is 0.298. The zero-order chi connectivity index (χ0) is 16.9. The highest BCUT2D eigenvalue weighted by atomic mass is 16.2. The van der Waals surface area contributed by atoms with Crippen molar-refractivity contribution < 1.29 is 19.2 Å². The van der Waals surface area contributed by atoms with Crippen molar-refractivity contribution in [3.8, 4) is 0 Å². The Morgan fingerprint density at radius 2 is 1.83 bits per heavy atom. The highest BCUT2D eigenvalue weighted by Crippen LogP contribution is 2.34. The van der Waals surface area contributed by atoms with Crippen LogP contribution in [0.15, 0.2) is 12.1 Å². The minimum atomic E-state index is -0.916. The lowest BCUT2D eigenvalue weighted by atomic mass is 9.90. The number of fused-ring (bicyclic) bond motifs is 1. The molecule has 1 saturated heterocycles. The van der Waals surface area contributed by atoms with Gasteiger partial charge >= 0.3 is 0 Å². The van der Waals surface area contributed by atoms with E-state index >= 15 is 0 Å². The number of hydrogen-bond acceptors (Lipinski definition) is 4. The van der Waals surface area contributed by atoms with Gasteiger partial charge in [0.25, 0.3) is 11.8 Å². The molecule has 3 rings (SSSR count). The van der Waals surface area contributed by atoms with Gasteiger partial charge in [0.05, 0.1) is 11.1 Å². The molecule has 0 aromatic heterocycles. The summed E-state index contributed by atoms with van der Waals surface area (Å²) in [5.41, 5.74) is 2.53. The van der Waals surface area contributed by atoms with E-state index in [0.717, 1.165) is 16.0 Å². The summed E-state index contributed by atoms with van der Waals surface area (Å²) in [6.45, 7) is 5.84. The van der Waals surface area contributed by atoms with Gasteiger partial charge in [0, 0.05) is 6.42 Å². The minimum absolute atomic E-state index is 0.0865. The van der Waals surface area contributed by atoms with Crippen LogP contribution in [0.5, 0.6) is 0 Å². The van der Waals surface area contributed by atoms with E-state index in [2.05, 4.69) is 5.32 Å². The predicted octanol–water partition coefficient (Wildman–Crippen LogP) is 1.52. The topological polar surface area (TPSA) is 83.6 Å². The lowest BCUT2D eigenvalue weighted by Crippen LogP contribution is -2.54. The standard InChI is InChI=1S/C17H18N2O4/c1-8(2)13-9(3)4-5-10-14(13)17(23)19(16(10)22)11-6-7-12(20)18-15(11)21/h4-5,8,11H,6-7H2,1-3H3,(H,18,20,21). The van der Waals surface area contributed by atoms with Crippen molar-refractivity contribution in [2.75, 3.05) is 0 Å². The molecule has 1 atom stereocenters. The van der Waals surface area contributed by atoms with E-state index in [1.807, 2.05) is 26.8 Å². The van der Waals surface area contributed by atoms with Crippen molar-refractivity contribution in [1.82, 2.24) is 10.2 Å². The maximum atomic E-state index is 12.9. The van der Waals surface area contributed by atoms with Crippen molar-refractivity contribution in [3.63, 3.8) is 0 Å². The van der Waals surface area contributed by atoms with Crippen LogP contribution >= 0.6 is 0 Å². The van der Waals surface area contributed by atoms with Crippen LogP contribution < -0.4 is 5.32 Å². The summed E-state index contributed by atoms with van der Waals surface area (Å²) in [4.78, 5) is 49.8. The molecule has 0 radical (unpaired) electrons. The summed E-state index contributed by atoms with van der Waals surface area (Å²) in [5.74, 6) is -1.77. The van der Waals surface area contributed by atoms with Gasteiger partial charge in [-0.05, 0) is 36.5 Å². The first-order chi connectivity index (χ1) is 10.8. The van der Waals surface area contributed by atoms with E-state index in [4.69, 9.17) is 0 Å². The van der Waals surface area contributed by atoms with Crippen LogP contribution in [0, 0.1) is 6.92 Å². The molecule has 2 aliphatic heterocycles. The van der Waals surface area contributed by atoms with E-state index in [1.54, 1.807) is 6.07 Å². The van der Waals surface area contributed by atoms with Crippen LogP contribution in [0.4, 0.5) is 0 Å². The van der Waals surface area contributed by atoms with Crippen LogP contribution in [-0.2, 0) is 9.59 Å². The third-order valence-electron chi connectivity index (χ3n) is 4.44. The number of nitrogens with one attached hydrogen (secondary N) is 1. The molecule has 23 heavy (non-hydrogen) atoms. The van der Waals surface area contributed by atoms with Gasteiger partial charge in [0.1, 0.15) is 6.04 Å². The second-order valence-corrected chi connectivity index (χ2v) is 6.32. The Balaban J connectivity index is 2.06. The minimum Gasteiger partial charge on any atom is -0.295 e. The first-order valence-electron chi connectivity index (χ1n) is 7.68. The van der Waals surface area contributed by atoms with Gasteiger partial charge in [-0.15, -0.1) is 0 Å². The molecule has 0 saturated carbocycles. The molecule has 1 unspecified atom stereocenters. The van der Waals surface area contributed by atoms with Crippen LogP contribution in [0.1, 0.15) is 64.4 Å². The van der Waals surface area contributed by atoms with Crippen LogP contribution in [0.2, 0.25) is 0 Å². The Kier molecular flexibility index (Phi) is 3.55. The Labute approximate surface area is 133 Å². The first-order valence-corrected chi connectivity index (χ1v) is 7.68. The van der Waals surface area contributed by atoms with E-state index in [9.17, 15) is 19.2 Å². The van der Waals surface area contributed by atoms with E-state index in [0.29, 0.717) is 11.1 Å². The number of piperidine rings is 1. The Hall–Kier alpha value is -2.50. The molecular weight excluding hydrogens is 296 g/mol. The second-order valence-electron chi connectivity index (χ2n) is 6.32. The Morgan fingerprint density at radius 1 is 1.13 bits per heavy atom. The number of aryl methyl sites for hydroxylation is 1. The quantitative estimate of drug-likeness (QED) is 0.839. The highest BCUT2D eigenvalue weighted by molar-refractivity contribution is 6.24. The second kappa shape index (κ2) is 5.30. The third kappa shape index (κ3) is 2.25. The highest BCUT2D eigenvalue weighted by Gasteiger charge is 2.45. The molecule has 6 heteroatoms. The number of hydrogen-bond donors (Lipinski definition) is 1. The average Bonchev–Trinajstić information content (AvgIpc) is 2.71. The predicted molar refractivity (Wildman–Crippen MR) is 81.9 cm³/mol. The maximum Gasteiger partial charge on any atom is 0.262 e. The van der Waals surface area contributed by atoms with Gasteiger partial charge in [-0.2, -0.15) is 0 Å². The first kappa shape index (κ1) is 15.4. The SMILES string of the molecule is Cc1ccc2c(c1C(C)C)C(=O)N(C1CCC(=O)NC1=O)C2=O. The third-order valence-corrected chi connectivity index (χ3v) is 4.44. The number of nitrogens with zero attached hydrogens (tertiary/aromatic N) is 1. The van der Waals surface area contributed by atoms with E-state index in [1.165, 1.54) is 0 Å². The molecule has 1 fully saturated rings. The fraction of sp³-hybridized carbons (Fsp3) is 0.412. The molecule has 1 aromatic rings.